The molecule has 0 unspecified atom stereocenters. The molecule has 0 bridgehead atoms. The first-order valence-electron chi connectivity index (χ1n) is 9.72. The Kier molecular flexibility index (Phi) is 6.71. The Hall–Kier alpha value is -2.53. The highest BCUT2D eigenvalue weighted by Gasteiger charge is 2.29. The fraction of sp³-hybridized carbons (Fsp3) is 0.409. The van der Waals surface area contributed by atoms with Crippen LogP contribution in [-0.2, 0) is 11.2 Å². The Morgan fingerprint density at radius 2 is 1.78 bits per heavy atom. The number of carbonyl (C=O) groups excluding carboxylic acids is 1. The van der Waals surface area contributed by atoms with Crippen molar-refractivity contribution in [2.75, 3.05) is 44.7 Å². The van der Waals surface area contributed by atoms with E-state index >= 15 is 0 Å². The van der Waals surface area contributed by atoms with Gasteiger partial charge in [-0.05, 0) is 43.2 Å². The third-order valence-electron chi connectivity index (χ3n) is 5.40. The molecule has 1 heterocycles. The summed E-state index contributed by atoms with van der Waals surface area (Å²) in [4.78, 5) is 16.2. The highest BCUT2D eigenvalue weighted by molar-refractivity contribution is 5.79. The first-order valence-corrected chi connectivity index (χ1v) is 9.72. The van der Waals surface area contributed by atoms with Crippen molar-refractivity contribution in [1.82, 2.24) is 5.32 Å². The third-order valence-corrected chi connectivity index (χ3v) is 5.40. The Bertz CT molecular complexity index is 710. The maximum atomic E-state index is 12.5. The molecule has 0 aliphatic carbocycles. The summed E-state index contributed by atoms with van der Waals surface area (Å²) in [5, 5.41) is 3.10. The van der Waals surface area contributed by atoms with Crippen LogP contribution < -0.4 is 19.9 Å². The van der Waals surface area contributed by atoms with Crippen molar-refractivity contribution in [2.45, 2.75) is 19.4 Å². The van der Waals surface area contributed by atoms with E-state index in [1.165, 1.54) is 16.2 Å². The zero-order chi connectivity index (χ0) is 19.1. The minimum atomic E-state index is -0.0150. The van der Waals surface area contributed by atoms with Crippen molar-refractivity contribution < 1.29 is 14.4 Å². The van der Waals surface area contributed by atoms with Crippen molar-refractivity contribution in [3.8, 4) is 5.75 Å². The molecule has 2 N–H and O–H groups in total. The number of carbonyl (C=O) groups is 1. The van der Waals surface area contributed by atoms with Crippen molar-refractivity contribution in [2.24, 2.45) is 0 Å². The molecule has 0 aromatic heterocycles. The highest BCUT2D eigenvalue weighted by atomic mass is 16.5. The topological polar surface area (TPSA) is 46.0 Å². The third kappa shape index (κ3) is 5.23. The lowest BCUT2D eigenvalue weighted by Crippen LogP contribution is -3.19. The maximum absolute atomic E-state index is 12.5. The zero-order valence-electron chi connectivity index (χ0n) is 16.3. The number of nitrogens with zero attached hydrogens (tertiary/aromatic N) is 1. The predicted molar refractivity (Wildman–Crippen MR) is 109 cm³/mol. The number of rotatable bonds is 7. The summed E-state index contributed by atoms with van der Waals surface area (Å²) in [6, 6.07) is 18.5. The molecule has 27 heavy (non-hydrogen) atoms. The standard InChI is InChI=1S/C22H29N3O2/c1-18(22(26)23-13-12-19-6-4-3-5-7-19)24-14-16-25(17-15-24)20-8-10-21(27-2)11-9-20/h3-11,18H,12-17H2,1-2H3,(H,23,26)/p+1/t18-/m1/s1. The number of anilines is 1. The molecule has 5 heteroatoms. The number of ether oxygens (including phenoxy) is 1. The number of methoxy groups -OCH3 is 1. The van der Waals surface area contributed by atoms with E-state index in [0.717, 1.165) is 38.3 Å². The van der Waals surface area contributed by atoms with E-state index in [1.54, 1.807) is 7.11 Å². The van der Waals surface area contributed by atoms with E-state index in [1.807, 2.05) is 37.3 Å². The maximum Gasteiger partial charge on any atom is 0.278 e. The van der Waals surface area contributed by atoms with E-state index in [-0.39, 0.29) is 11.9 Å². The van der Waals surface area contributed by atoms with Crippen molar-refractivity contribution in [3.05, 3.63) is 60.2 Å². The second-order valence-corrected chi connectivity index (χ2v) is 7.09. The van der Waals surface area contributed by atoms with E-state index < -0.39 is 0 Å². The second-order valence-electron chi connectivity index (χ2n) is 7.09. The van der Waals surface area contributed by atoms with E-state index in [0.29, 0.717) is 6.54 Å². The lowest BCUT2D eigenvalue weighted by molar-refractivity contribution is -0.914. The number of hydrogen-bond donors (Lipinski definition) is 2. The molecule has 1 amide bonds. The fourth-order valence-corrected chi connectivity index (χ4v) is 3.59. The monoisotopic (exact) mass is 368 g/mol. The number of piperazine rings is 1. The molecule has 2 aromatic rings. The highest BCUT2D eigenvalue weighted by Crippen LogP contribution is 2.19. The number of benzene rings is 2. The van der Waals surface area contributed by atoms with Crippen LogP contribution in [0.4, 0.5) is 5.69 Å². The van der Waals surface area contributed by atoms with Gasteiger partial charge >= 0.3 is 0 Å². The Balaban J connectivity index is 1.43. The van der Waals surface area contributed by atoms with Crippen molar-refractivity contribution in [3.63, 3.8) is 0 Å². The summed E-state index contributed by atoms with van der Waals surface area (Å²) in [6.07, 6.45) is 0.875. The van der Waals surface area contributed by atoms with Gasteiger partial charge in [-0.15, -0.1) is 0 Å². The van der Waals surface area contributed by atoms with Crippen LogP contribution >= 0.6 is 0 Å². The van der Waals surface area contributed by atoms with Gasteiger partial charge < -0.3 is 19.9 Å². The first kappa shape index (κ1) is 19.2. The second kappa shape index (κ2) is 9.42. The first-order chi connectivity index (χ1) is 13.2. The van der Waals surface area contributed by atoms with E-state index in [4.69, 9.17) is 4.74 Å². The lowest BCUT2D eigenvalue weighted by atomic mass is 10.1. The molecule has 1 fully saturated rings. The van der Waals surface area contributed by atoms with Crippen LogP contribution in [0.5, 0.6) is 5.75 Å². The van der Waals surface area contributed by atoms with Gasteiger partial charge in [0.05, 0.1) is 33.3 Å². The average Bonchev–Trinajstić information content (AvgIpc) is 2.74. The summed E-state index contributed by atoms with van der Waals surface area (Å²) in [6.45, 7) is 6.60. The van der Waals surface area contributed by atoms with Crippen LogP contribution in [0.25, 0.3) is 0 Å². The van der Waals surface area contributed by atoms with E-state index in [2.05, 4.69) is 34.5 Å². The molecular weight excluding hydrogens is 338 g/mol. The summed E-state index contributed by atoms with van der Waals surface area (Å²) < 4.78 is 5.22. The molecule has 144 valence electrons. The molecule has 1 saturated heterocycles. The molecule has 0 saturated carbocycles. The van der Waals surface area contributed by atoms with Gasteiger partial charge in [-0.25, -0.2) is 0 Å². The Morgan fingerprint density at radius 3 is 2.41 bits per heavy atom. The quantitative estimate of drug-likeness (QED) is 0.771. The smallest absolute Gasteiger partial charge is 0.278 e. The summed E-state index contributed by atoms with van der Waals surface area (Å²) in [5.74, 6) is 1.03. The molecule has 1 atom stereocenters. The molecule has 0 spiro atoms. The van der Waals surface area contributed by atoms with Crippen LogP contribution in [0.3, 0.4) is 0 Å². The average molecular weight is 369 g/mol. The largest absolute Gasteiger partial charge is 0.497 e. The summed E-state index contributed by atoms with van der Waals surface area (Å²) in [5.41, 5.74) is 2.47. The molecule has 2 aromatic carbocycles. The zero-order valence-corrected chi connectivity index (χ0v) is 16.3. The Morgan fingerprint density at radius 1 is 1.11 bits per heavy atom. The fourth-order valence-electron chi connectivity index (χ4n) is 3.59. The summed E-state index contributed by atoms with van der Waals surface area (Å²) >= 11 is 0. The minimum absolute atomic E-state index is 0.0150. The Labute approximate surface area is 161 Å². The number of hydrogen-bond acceptors (Lipinski definition) is 3. The van der Waals surface area contributed by atoms with Gasteiger partial charge in [0.1, 0.15) is 5.75 Å². The van der Waals surface area contributed by atoms with Crippen LogP contribution in [0.1, 0.15) is 12.5 Å². The molecule has 5 nitrogen and oxygen atoms in total. The molecule has 1 aliphatic rings. The van der Waals surface area contributed by atoms with Crippen molar-refractivity contribution in [1.29, 1.82) is 0 Å². The number of quaternary nitrogens is 1. The van der Waals surface area contributed by atoms with Crippen LogP contribution in [0, 0.1) is 0 Å². The van der Waals surface area contributed by atoms with Gasteiger partial charge in [0, 0.05) is 12.2 Å². The van der Waals surface area contributed by atoms with Gasteiger partial charge in [0.25, 0.3) is 5.91 Å². The van der Waals surface area contributed by atoms with Crippen LogP contribution in [0.2, 0.25) is 0 Å². The molecular formula is C22H30N3O2+. The van der Waals surface area contributed by atoms with Gasteiger partial charge in [-0.2, -0.15) is 0 Å². The molecule has 3 rings (SSSR count). The molecule has 1 aliphatic heterocycles. The SMILES string of the molecule is COc1ccc(N2CC[NH+]([C@H](C)C(=O)NCCc3ccccc3)CC2)cc1. The van der Waals surface area contributed by atoms with Crippen LogP contribution in [-0.4, -0.2) is 51.8 Å². The van der Waals surface area contributed by atoms with Gasteiger partial charge in [-0.1, -0.05) is 30.3 Å². The van der Waals surface area contributed by atoms with E-state index in [9.17, 15) is 4.79 Å². The van der Waals surface area contributed by atoms with Gasteiger partial charge in [-0.3, -0.25) is 4.79 Å². The molecule has 0 radical (unpaired) electrons. The normalized spacial score (nSPS) is 16.0. The predicted octanol–water partition coefficient (Wildman–Crippen LogP) is 1.15. The summed E-state index contributed by atoms with van der Waals surface area (Å²) in [7, 11) is 1.68. The van der Waals surface area contributed by atoms with Gasteiger partial charge in [0.15, 0.2) is 6.04 Å². The van der Waals surface area contributed by atoms with Crippen molar-refractivity contribution >= 4 is 11.6 Å². The minimum Gasteiger partial charge on any atom is -0.497 e. The number of nitrogens with one attached hydrogen (secondary N) is 2. The number of amides is 1. The lowest BCUT2D eigenvalue weighted by Gasteiger charge is -2.36. The van der Waals surface area contributed by atoms with Crippen LogP contribution in [0.15, 0.2) is 54.6 Å². The van der Waals surface area contributed by atoms with Gasteiger partial charge in [0.2, 0.25) is 0 Å².